The highest BCUT2D eigenvalue weighted by molar-refractivity contribution is 5.67. The van der Waals surface area contributed by atoms with Crippen molar-refractivity contribution in [1.82, 2.24) is 0 Å². The van der Waals surface area contributed by atoms with Crippen molar-refractivity contribution in [3.05, 3.63) is 11.6 Å². The summed E-state index contributed by atoms with van der Waals surface area (Å²) in [5, 5.41) is 19.0. The van der Waals surface area contributed by atoms with Crippen molar-refractivity contribution >= 4 is 5.97 Å². The number of rotatable bonds is 6. The van der Waals surface area contributed by atoms with E-state index in [-0.39, 0.29) is 30.0 Å². The summed E-state index contributed by atoms with van der Waals surface area (Å²) in [6.07, 6.45) is 7.01. The largest absolute Gasteiger partial charge is 0.481 e. The van der Waals surface area contributed by atoms with Crippen LogP contribution in [0, 0.1) is 29.1 Å². The lowest BCUT2D eigenvalue weighted by Crippen LogP contribution is -2.27. The topological polar surface area (TPSA) is 66.8 Å². The summed E-state index contributed by atoms with van der Waals surface area (Å²) >= 11 is 0. The molecule has 1 fully saturated rings. The summed E-state index contributed by atoms with van der Waals surface area (Å²) in [6.45, 7) is 6.40. The molecular weight excluding hydrogens is 304 g/mol. The number of hydrogen-bond acceptors (Lipinski definition) is 3. The summed E-state index contributed by atoms with van der Waals surface area (Å²) in [7, 11) is 0. The zero-order chi connectivity index (χ0) is 17.7. The predicted molar refractivity (Wildman–Crippen MR) is 93.4 cm³/mol. The Morgan fingerprint density at radius 1 is 1.54 bits per heavy atom. The van der Waals surface area contributed by atoms with Gasteiger partial charge >= 0.3 is 5.97 Å². The quantitative estimate of drug-likeness (QED) is 0.577. The Hall–Kier alpha value is -1.31. The highest BCUT2D eigenvalue weighted by atomic mass is 16.5. The van der Waals surface area contributed by atoms with Crippen LogP contribution in [0.5, 0.6) is 0 Å². The fourth-order valence-corrected chi connectivity index (χ4v) is 4.29. The van der Waals surface area contributed by atoms with Crippen LogP contribution in [0.1, 0.15) is 59.3 Å². The highest BCUT2D eigenvalue weighted by Crippen LogP contribution is 2.51. The Balaban J connectivity index is 1.98. The van der Waals surface area contributed by atoms with Gasteiger partial charge in [-0.15, -0.1) is 5.92 Å². The lowest BCUT2D eigenvalue weighted by Gasteiger charge is -2.35. The molecule has 0 aliphatic heterocycles. The zero-order valence-corrected chi connectivity index (χ0v) is 15.0. The van der Waals surface area contributed by atoms with Gasteiger partial charge in [0.15, 0.2) is 0 Å². The molecule has 0 heterocycles. The molecule has 4 nitrogen and oxygen atoms in total. The molecule has 2 aliphatic carbocycles. The van der Waals surface area contributed by atoms with E-state index < -0.39 is 5.97 Å². The van der Waals surface area contributed by atoms with Gasteiger partial charge in [0.05, 0.1) is 31.2 Å². The molecule has 2 unspecified atom stereocenters. The molecule has 2 rings (SSSR count). The molecule has 0 bridgehead atoms. The summed E-state index contributed by atoms with van der Waals surface area (Å²) in [5.74, 6) is 5.14. The first-order chi connectivity index (χ1) is 11.4. The molecule has 5 atom stereocenters. The summed E-state index contributed by atoms with van der Waals surface area (Å²) in [4.78, 5) is 11.0. The van der Waals surface area contributed by atoms with E-state index in [1.807, 2.05) is 6.92 Å². The third-order valence-corrected chi connectivity index (χ3v) is 5.68. The first-order valence-electron chi connectivity index (χ1n) is 9.00. The number of allylic oxidation sites excluding steroid dienone is 1. The van der Waals surface area contributed by atoms with Gasteiger partial charge in [-0.2, -0.15) is 0 Å². The average Bonchev–Trinajstić information content (AvgIpc) is 2.77. The molecule has 0 aromatic heterocycles. The fraction of sp³-hybridized carbons (Fsp3) is 0.750. The van der Waals surface area contributed by atoms with Gasteiger partial charge in [0.1, 0.15) is 0 Å². The molecule has 0 saturated heterocycles. The summed E-state index contributed by atoms with van der Waals surface area (Å²) in [5.41, 5.74) is 1.41. The maximum absolute atomic E-state index is 11.0. The average molecular weight is 334 g/mol. The van der Waals surface area contributed by atoms with Gasteiger partial charge in [0, 0.05) is 0 Å². The summed E-state index contributed by atoms with van der Waals surface area (Å²) in [6, 6.07) is 0. The van der Waals surface area contributed by atoms with Gasteiger partial charge < -0.3 is 14.9 Å². The first-order valence-corrected chi connectivity index (χ1v) is 9.00. The van der Waals surface area contributed by atoms with Crippen LogP contribution in [-0.2, 0) is 9.53 Å². The maximum atomic E-state index is 11.0. The maximum Gasteiger partial charge on any atom is 0.304 e. The van der Waals surface area contributed by atoms with E-state index in [9.17, 15) is 9.90 Å². The van der Waals surface area contributed by atoms with E-state index in [0.717, 1.165) is 32.1 Å². The SMILES string of the molecule is CC#CC(CC(=O)O)C(C)OCC1=C[C@@]2(CCC1)C[C@H](O)C[C@@H]2C. The monoisotopic (exact) mass is 334 g/mol. The minimum atomic E-state index is -0.845. The third kappa shape index (κ3) is 4.62. The second-order valence-corrected chi connectivity index (χ2v) is 7.50. The third-order valence-electron chi connectivity index (χ3n) is 5.68. The number of hydrogen-bond donors (Lipinski definition) is 2. The van der Waals surface area contributed by atoms with Crippen molar-refractivity contribution in [3.63, 3.8) is 0 Å². The Kier molecular flexibility index (Phi) is 6.48. The first kappa shape index (κ1) is 19.0. The molecule has 4 heteroatoms. The van der Waals surface area contributed by atoms with Gasteiger partial charge in [0.25, 0.3) is 0 Å². The van der Waals surface area contributed by atoms with E-state index >= 15 is 0 Å². The second kappa shape index (κ2) is 8.18. The molecule has 24 heavy (non-hydrogen) atoms. The highest BCUT2D eigenvalue weighted by Gasteiger charge is 2.43. The van der Waals surface area contributed by atoms with Crippen LogP contribution in [0.2, 0.25) is 0 Å². The van der Waals surface area contributed by atoms with Crippen LogP contribution >= 0.6 is 0 Å². The lowest BCUT2D eigenvalue weighted by atomic mass is 9.70. The smallest absolute Gasteiger partial charge is 0.304 e. The van der Waals surface area contributed by atoms with Crippen molar-refractivity contribution in [1.29, 1.82) is 0 Å². The minimum Gasteiger partial charge on any atom is -0.481 e. The molecule has 2 aliphatic rings. The van der Waals surface area contributed by atoms with Crippen molar-refractivity contribution in [3.8, 4) is 11.8 Å². The molecule has 1 spiro atoms. The normalized spacial score (nSPS) is 31.9. The Morgan fingerprint density at radius 2 is 2.29 bits per heavy atom. The van der Waals surface area contributed by atoms with Crippen molar-refractivity contribution in [2.24, 2.45) is 17.3 Å². The van der Waals surface area contributed by atoms with Gasteiger partial charge in [-0.25, -0.2) is 0 Å². The predicted octanol–water partition coefficient (Wildman–Crippen LogP) is 3.39. The molecule has 2 N–H and O–H groups in total. The van der Waals surface area contributed by atoms with Crippen LogP contribution in [0.15, 0.2) is 11.6 Å². The van der Waals surface area contributed by atoms with Crippen LogP contribution in [0.25, 0.3) is 0 Å². The van der Waals surface area contributed by atoms with Crippen molar-refractivity contribution in [2.45, 2.75) is 71.5 Å². The number of aliphatic hydroxyl groups is 1. The molecule has 0 amide bonds. The van der Waals surface area contributed by atoms with Crippen LogP contribution in [0.3, 0.4) is 0 Å². The molecule has 0 radical (unpaired) electrons. The lowest BCUT2D eigenvalue weighted by molar-refractivity contribution is -0.138. The molecule has 134 valence electrons. The number of carboxylic acids is 1. The van der Waals surface area contributed by atoms with Gasteiger partial charge in [-0.05, 0) is 62.9 Å². The molecule has 1 saturated carbocycles. The Labute approximate surface area is 145 Å². The van der Waals surface area contributed by atoms with Crippen LogP contribution in [0.4, 0.5) is 0 Å². The van der Waals surface area contributed by atoms with E-state index in [0.29, 0.717) is 12.5 Å². The Bertz CT molecular complexity index is 542. The molecular formula is C20H30O4. The fourth-order valence-electron chi connectivity index (χ4n) is 4.29. The Morgan fingerprint density at radius 3 is 2.88 bits per heavy atom. The van der Waals surface area contributed by atoms with Crippen molar-refractivity contribution < 1.29 is 19.7 Å². The molecule has 0 aromatic rings. The number of aliphatic hydroxyl groups excluding tert-OH is 1. The van der Waals surface area contributed by atoms with Crippen molar-refractivity contribution in [2.75, 3.05) is 6.61 Å². The van der Waals surface area contributed by atoms with E-state index in [1.165, 1.54) is 5.57 Å². The summed E-state index contributed by atoms with van der Waals surface area (Å²) < 4.78 is 5.97. The van der Waals surface area contributed by atoms with E-state index in [1.54, 1.807) is 6.92 Å². The zero-order valence-electron chi connectivity index (χ0n) is 15.0. The van der Waals surface area contributed by atoms with Crippen LogP contribution in [-0.4, -0.2) is 35.0 Å². The standard InChI is InChI=1S/C20H30O4/c1-4-6-17(10-19(22)23)15(3)24-13-16-7-5-8-20(11-16)12-18(21)9-14(20)2/h11,14-15,17-18,21H,5,7-10,12-13H2,1-3H3,(H,22,23)/t14-,15?,17?,18+,20-/m0/s1. The van der Waals surface area contributed by atoms with E-state index in [2.05, 4.69) is 24.8 Å². The van der Waals surface area contributed by atoms with Crippen LogP contribution < -0.4 is 0 Å². The number of carboxylic acid groups (broad SMARTS) is 1. The van der Waals surface area contributed by atoms with Gasteiger partial charge in [-0.1, -0.05) is 18.9 Å². The number of carbonyl (C=O) groups is 1. The van der Waals surface area contributed by atoms with Gasteiger partial charge in [0.2, 0.25) is 0 Å². The number of ether oxygens (including phenoxy) is 1. The van der Waals surface area contributed by atoms with Gasteiger partial charge in [-0.3, -0.25) is 4.79 Å². The minimum absolute atomic E-state index is 0.00815. The van der Waals surface area contributed by atoms with E-state index in [4.69, 9.17) is 9.84 Å². The number of aliphatic carboxylic acids is 1. The second-order valence-electron chi connectivity index (χ2n) is 7.50. The molecule has 0 aromatic carbocycles.